The number of aromatic hydroxyl groups is 1. The summed E-state index contributed by atoms with van der Waals surface area (Å²) in [6.45, 7) is 1.69. The summed E-state index contributed by atoms with van der Waals surface area (Å²) in [6.07, 6.45) is -4.34. The predicted molar refractivity (Wildman–Crippen MR) is 123 cm³/mol. The number of carbonyl (C=O) groups excluding carboxylic acids is 1. The molecule has 7 nitrogen and oxygen atoms in total. The number of methoxy groups -OCH3 is 1. The van der Waals surface area contributed by atoms with Crippen LogP contribution in [-0.4, -0.2) is 36.0 Å². The van der Waals surface area contributed by atoms with Gasteiger partial charge in [0, 0.05) is 19.2 Å². The molecule has 1 atom stereocenters. The van der Waals surface area contributed by atoms with Gasteiger partial charge in [-0.05, 0) is 35.2 Å². The van der Waals surface area contributed by atoms with Crippen molar-refractivity contribution >= 4 is 5.97 Å². The Balaban J connectivity index is 1.64. The summed E-state index contributed by atoms with van der Waals surface area (Å²) < 4.78 is 52.2. The van der Waals surface area contributed by atoms with Gasteiger partial charge in [0.15, 0.2) is 5.76 Å². The molecule has 3 aromatic rings. The Hall–Kier alpha value is -3.79. The fraction of sp³-hybridized carbons (Fsp3) is 0.308. The fourth-order valence-electron chi connectivity index (χ4n) is 4.29. The number of esters is 1. The Labute approximate surface area is 204 Å². The van der Waals surface area contributed by atoms with Crippen LogP contribution in [0.3, 0.4) is 0 Å². The molecule has 190 valence electrons. The normalized spacial score (nSPS) is 14.7. The molecule has 10 heteroatoms. The number of ether oxygens (including phenoxy) is 2. The molecule has 1 aliphatic heterocycles. The lowest BCUT2D eigenvalue weighted by atomic mass is 9.92. The van der Waals surface area contributed by atoms with Crippen molar-refractivity contribution in [1.29, 1.82) is 0 Å². The van der Waals surface area contributed by atoms with Crippen LogP contribution in [0.15, 0.2) is 63.8 Å². The van der Waals surface area contributed by atoms with E-state index in [-0.39, 0.29) is 12.2 Å². The summed E-state index contributed by atoms with van der Waals surface area (Å²) in [5, 5.41) is 10.5. The molecule has 0 saturated heterocycles. The van der Waals surface area contributed by atoms with Crippen LogP contribution in [0.4, 0.5) is 13.2 Å². The van der Waals surface area contributed by atoms with Gasteiger partial charge in [-0.2, -0.15) is 0 Å². The van der Waals surface area contributed by atoms with Gasteiger partial charge in [-0.25, -0.2) is 0 Å². The third-order valence-electron chi connectivity index (χ3n) is 6.02. The van der Waals surface area contributed by atoms with Gasteiger partial charge in [0.1, 0.15) is 11.5 Å². The third kappa shape index (κ3) is 6.06. The first-order valence-electron chi connectivity index (χ1n) is 11.2. The summed E-state index contributed by atoms with van der Waals surface area (Å²) in [7, 11) is 1.18. The highest BCUT2D eigenvalue weighted by Gasteiger charge is 2.32. The molecule has 0 aliphatic carbocycles. The highest BCUT2D eigenvalue weighted by Crippen LogP contribution is 2.35. The molecule has 0 radical (unpaired) electrons. The van der Waals surface area contributed by atoms with Crippen molar-refractivity contribution in [3.8, 4) is 11.5 Å². The van der Waals surface area contributed by atoms with E-state index in [2.05, 4.69) is 15.7 Å². The predicted octanol–water partition coefficient (Wildman–Crippen LogP) is 4.50. The second-order valence-electron chi connectivity index (χ2n) is 8.47. The lowest BCUT2D eigenvalue weighted by Gasteiger charge is -2.28. The molecule has 0 fully saturated rings. The van der Waals surface area contributed by atoms with E-state index in [4.69, 9.17) is 9.15 Å². The first-order valence-corrected chi connectivity index (χ1v) is 11.2. The molecule has 4 rings (SSSR count). The molecule has 1 aromatic heterocycles. The molecule has 36 heavy (non-hydrogen) atoms. The monoisotopic (exact) mass is 503 g/mol. The van der Waals surface area contributed by atoms with Gasteiger partial charge < -0.3 is 19.0 Å². The summed E-state index contributed by atoms with van der Waals surface area (Å²) >= 11 is 0. The van der Waals surface area contributed by atoms with Crippen LogP contribution in [-0.2, 0) is 29.0 Å². The molecular formula is C26H24F3NO6. The number of fused-ring (bicyclic) bond motifs is 1. The second-order valence-corrected chi connectivity index (χ2v) is 8.47. The van der Waals surface area contributed by atoms with Gasteiger partial charge in [-0.3, -0.25) is 14.5 Å². The fourth-order valence-corrected chi connectivity index (χ4v) is 4.29. The van der Waals surface area contributed by atoms with E-state index in [9.17, 15) is 27.9 Å². The molecule has 0 spiro atoms. The van der Waals surface area contributed by atoms with E-state index < -0.39 is 35.2 Å². The zero-order chi connectivity index (χ0) is 25.9. The molecule has 1 N–H and O–H groups in total. The van der Waals surface area contributed by atoms with E-state index in [1.165, 1.54) is 36.4 Å². The minimum Gasteiger partial charge on any atom is -0.502 e. The number of alkyl halides is 3. The zero-order valence-corrected chi connectivity index (χ0v) is 19.4. The topological polar surface area (TPSA) is 89.2 Å². The van der Waals surface area contributed by atoms with Crippen LogP contribution in [0.5, 0.6) is 11.5 Å². The number of hydrogen-bond acceptors (Lipinski definition) is 7. The summed E-state index contributed by atoms with van der Waals surface area (Å²) in [6, 6.07) is 14.0. The van der Waals surface area contributed by atoms with E-state index in [1.807, 2.05) is 18.2 Å². The zero-order valence-electron chi connectivity index (χ0n) is 19.4. The maximum atomic E-state index is 12.6. The minimum atomic E-state index is -4.86. The number of halogens is 3. The van der Waals surface area contributed by atoms with Crippen LogP contribution < -0.4 is 10.2 Å². The van der Waals surface area contributed by atoms with Gasteiger partial charge in [0.2, 0.25) is 11.2 Å². The smallest absolute Gasteiger partial charge is 0.502 e. The van der Waals surface area contributed by atoms with Crippen molar-refractivity contribution in [2.24, 2.45) is 0 Å². The van der Waals surface area contributed by atoms with Gasteiger partial charge in [0.05, 0.1) is 26.0 Å². The van der Waals surface area contributed by atoms with Crippen molar-refractivity contribution in [2.45, 2.75) is 38.2 Å². The molecule has 1 unspecified atom stereocenters. The van der Waals surface area contributed by atoms with Crippen molar-refractivity contribution < 1.29 is 37.0 Å². The highest BCUT2D eigenvalue weighted by atomic mass is 19.4. The quantitative estimate of drug-likeness (QED) is 0.475. The standard InChI is InChI=1S/C26H24F3NO6/c1-34-23(32)13-21(17-6-8-19(9-7-17)36-26(27,28)29)25-24(33)22(31)12-20(35-25)15-30-11-10-16-4-2-3-5-18(16)14-30/h2-9,12,21,33H,10-11,13-15H2,1H3. The number of carbonyl (C=O) groups is 1. The Morgan fingerprint density at radius 2 is 1.83 bits per heavy atom. The lowest BCUT2D eigenvalue weighted by molar-refractivity contribution is -0.274. The first kappa shape index (κ1) is 25.3. The Morgan fingerprint density at radius 1 is 1.14 bits per heavy atom. The largest absolute Gasteiger partial charge is 0.573 e. The highest BCUT2D eigenvalue weighted by molar-refractivity contribution is 5.71. The van der Waals surface area contributed by atoms with Crippen LogP contribution in [0.1, 0.15) is 40.5 Å². The van der Waals surface area contributed by atoms with Gasteiger partial charge >= 0.3 is 12.3 Å². The number of nitrogens with zero attached hydrogens (tertiary/aromatic N) is 1. The SMILES string of the molecule is COC(=O)CC(c1ccc(OC(F)(F)F)cc1)c1oc(CN2CCc3ccccc3C2)cc(=O)c1O. The summed E-state index contributed by atoms with van der Waals surface area (Å²) in [4.78, 5) is 26.8. The molecule has 0 amide bonds. The van der Waals surface area contributed by atoms with Crippen molar-refractivity contribution in [2.75, 3.05) is 13.7 Å². The molecule has 0 saturated carbocycles. The average Bonchev–Trinajstić information content (AvgIpc) is 2.84. The third-order valence-corrected chi connectivity index (χ3v) is 6.02. The Bertz CT molecular complexity index is 1290. The minimum absolute atomic E-state index is 0.162. The summed E-state index contributed by atoms with van der Waals surface area (Å²) in [5.74, 6) is -2.63. The summed E-state index contributed by atoms with van der Waals surface area (Å²) in [5.41, 5.74) is 2.08. The van der Waals surface area contributed by atoms with Gasteiger partial charge in [-0.15, -0.1) is 13.2 Å². The molecule has 2 heterocycles. The Kier molecular flexibility index (Phi) is 7.35. The van der Waals surface area contributed by atoms with Crippen molar-refractivity contribution in [3.63, 3.8) is 0 Å². The molecule has 2 aromatic carbocycles. The number of rotatable bonds is 7. The van der Waals surface area contributed by atoms with Crippen molar-refractivity contribution in [1.82, 2.24) is 4.90 Å². The van der Waals surface area contributed by atoms with E-state index in [1.54, 1.807) is 0 Å². The van der Waals surface area contributed by atoms with Gasteiger partial charge in [0.25, 0.3) is 0 Å². The van der Waals surface area contributed by atoms with Crippen LogP contribution >= 0.6 is 0 Å². The number of hydrogen-bond donors (Lipinski definition) is 1. The van der Waals surface area contributed by atoms with E-state index in [0.717, 1.165) is 25.1 Å². The van der Waals surface area contributed by atoms with Crippen LogP contribution in [0, 0.1) is 0 Å². The van der Waals surface area contributed by atoms with Crippen molar-refractivity contribution in [3.05, 3.63) is 93.0 Å². The maximum Gasteiger partial charge on any atom is 0.573 e. The Morgan fingerprint density at radius 3 is 2.50 bits per heavy atom. The van der Waals surface area contributed by atoms with Crippen LogP contribution in [0.2, 0.25) is 0 Å². The molecule has 1 aliphatic rings. The molecular weight excluding hydrogens is 479 g/mol. The lowest BCUT2D eigenvalue weighted by Crippen LogP contribution is -2.30. The maximum absolute atomic E-state index is 12.6. The van der Waals surface area contributed by atoms with E-state index >= 15 is 0 Å². The second kappa shape index (κ2) is 10.4. The number of benzene rings is 2. The first-order chi connectivity index (χ1) is 17.1. The average molecular weight is 503 g/mol. The van der Waals surface area contributed by atoms with Gasteiger partial charge in [-0.1, -0.05) is 36.4 Å². The van der Waals surface area contributed by atoms with Crippen LogP contribution in [0.25, 0.3) is 0 Å². The van der Waals surface area contributed by atoms with E-state index in [0.29, 0.717) is 24.4 Å². The molecule has 0 bridgehead atoms.